The number of ether oxygens (including phenoxy) is 1. The standard InChI is InChI=1S/C16H35NO/c1-3-5-6-7-8-9-10-11-12-13-15-18-16-14-17-4-2/h17H,3-16H2,1-2H3. The van der Waals surface area contributed by atoms with Crippen LogP contribution in [0.3, 0.4) is 0 Å². The lowest BCUT2D eigenvalue weighted by Crippen LogP contribution is -2.19. The van der Waals surface area contributed by atoms with E-state index in [4.69, 9.17) is 4.74 Å². The molecular weight excluding hydrogens is 222 g/mol. The lowest BCUT2D eigenvalue weighted by atomic mass is 10.1. The van der Waals surface area contributed by atoms with Gasteiger partial charge in [-0.25, -0.2) is 0 Å². The summed E-state index contributed by atoms with van der Waals surface area (Å²) in [5.74, 6) is 0. The molecule has 0 aliphatic carbocycles. The van der Waals surface area contributed by atoms with Crippen LogP contribution in [-0.2, 0) is 4.74 Å². The summed E-state index contributed by atoms with van der Waals surface area (Å²) in [6, 6.07) is 0. The SMILES string of the molecule is CCCCCCCCCCCCOCCNCC. The van der Waals surface area contributed by atoms with E-state index in [2.05, 4.69) is 19.2 Å². The van der Waals surface area contributed by atoms with Crippen molar-refractivity contribution in [1.29, 1.82) is 0 Å². The minimum absolute atomic E-state index is 0.866. The normalized spacial score (nSPS) is 11.0. The fourth-order valence-electron chi connectivity index (χ4n) is 2.11. The van der Waals surface area contributed by atoms with Gasteiger partial charge in [0.2, 0.25) is 0 Å². The van der Waals surface area contributed by atoms with E-state index in [0.717, 1.165) is 26.3 Å². The van der Waals surface area contributed by atoms with Gasteiger partial charge in [0.05, 0.1) is 6.61 Å². The average molecular weight is 257 g/mol. The van der Waals surface area contributed by atoms with Crippen LogP contribution in [0.15, 0.2) is 0 Å². The molecule has 0 unspecified atom stereocenters. The van der Waals surface area contributed by atoms with Gasteiger partial charge < -0.3 is 10.1 Å². The molecule has 0 fully saturated rings. The summed E-state index contributed by atoms with van der Waals surface area (Å²) in [4.78, 5) is 0. The summed E-state index contributed by atoms with van der Waals surface area (Å²) in [6.45, 7) is 8.26. The molecule has 0 bridgehead atoms. The summed E-state index contributed by atoms with van der Waals surface area (Å²) in [5.41, 5.74) is 0. The Labute approximate surface area is 115 Å². The zero-order valence-corrected chi connectivity index (χ0v) is 12.8. The van der Waals surface area contributed by atoms with Crippen molar-refractivity contribution in [3.05, 3.63) is 0 Å². The van der Waals surface area contributed by atoms with Crippen molar-refractivity contribution >= 4 is 0 Å². The summed E-state index contributed by atoms with van der Waals surface area (Å²) in [7, 11) is 0. The molecule has 110 valence electrons. The van der Waals surface area contributed by atoms with Crippen LogP contribution in [0, 0.1) is 0 Å². The molecule has 0 aliphatic heterocycles. The van der Waals surface area contributed by atoms with Gasteiger partial charge >= 0.3 is 0 Å². The van der Waals surface area contributed by atoms with E-state index in [1.54, 1.807) is 0 Å². The predicted molar refractivity (Wildman–Crippen MR) is 81.2 cm³/mol. The quantitative estimate of drug-likeness (QED) is 0.435. The lowest BCUT2D eigenvalue weighted by Gasteiger charge is -2.05. The summed E-state index contributed by atoms with van der Waals surface area (Å²) in [5, 5.41) is 3.26. The second kappa shape index (κ2) is 16.9. The Balaban J connectivity index is 2.86. The Morgan fingerprint density at radius 3 is 1.78 bits per heavy atom. The first kappa shape index (κ1) is 17.9. The van der Waals surface area contributed by atoms with Crippen molar-refractivity contribution in [2.75, 3.05) is 26.3 Å². The largest absolute Gasteiger partial charge is 0.380 e. The van der Waals surface area contributed by atoms with Crippen molar-refractivity contribution in [3.8, 4) is 0 Å². The minimum Gasteiger partial charge on any atom is -0.380 e. The number of nitrogens with one attached hydrogen (secondary N) is 1. The molecule has 1 N–H and O–H groups in total. The summed E-state index contributed by atoms with van der Waals surface area (Å²) >= 11 is 0. The Bertz CT molecular complexity index is 123. The molecule has 0 saturated heterocycles. The lowest BCUT2D eigenvalue weighted by molar-refractivity contribution is 0.132. The molecule has 18 heavy (non-hydrogen) atoms. The molecule has 0 rings (SSSR count). The minimum atomic E-state index is 0.866. The zero-order chi connectivity index (χ0) is 13.3. The van der Waals surface area contributed by atoms with Crippen molar-refractivity contribution in [2.45, 2.75) is 78.1 Å². The molecule has 0 heterocycles. The monoisotopic (exact) mass is 257 g/mol. The molecule has 0 spiro atoms. The third-order valence-corrected chi connectivity index (χ3v) is 3.32. The van der Waals surface area contributed by atoms with Gasteiger partial charge in [0.1, 0.15) is 0 Å². The Kier molecular flexibility index (Phi) is 16.8. The molecule has 0 amide bonds. The van der Waals surface area contributed by atoms with Gasteiger partial charge in [0.25, 0.3) is 0 Å². The number of hydrogen-bond acceptors (Lipinski definition) is 2. The van der Waals surface area contributed by atoms with Gasteiger partial charge in [-0.3, -0.25) is 0 Å². The van der Waals surface area contributed by atoms with Gasteiger partial charge in [-0.1, -0.05) is 71.6 Å². The molecule has 0 aromatic rings. The van der Waals surface area contributed by atoms with Gasteiger partial charge in [-0.15, -0.1) is 0 Å². The highest BCUT2D eigenvalue weighted by molar-refractivity contribution is 4.47. The zero-order valence-electron chi connectivity index (χ0n) is 12.8. The molecule has 2 heteroatoms. The molecule has 0 aliphatic rings. The third kappa shape index (κ3) is 15.9. The van der Waals surface area contributed by atoms with Crippen molar-refractivity contribution in [2.24, 2.45) is 0 Å². The first-order valence-corrected chi connectivity index (χ1v) is 8.20. The highest BCUT2D eigenvalue weighted by Crippen LogP contribution is 2.10. The molecule has 0 aromatic heterocycles. The summed E-state index contributed by atoms with van der Waals surface area (Å²) < 4.78 is 5.55. The topological polar surface area (TPSA) is 21.3 Å². The van der Waals surface area contributed by atoms with Gasteiger partial charge in [0, 0.05) is 13.2 Å². The average Bonchev–Trinajstić information content (AvgIpc) is 2.39. The molecule has 0 atom stereocenters. The first-order chi connectivity index (χ1) is 8.91. The maximum Gasteiger partial charge on any atom is 0.0590 e. The van der Waals surface area contributed by atoms with Crippen LogP contribution in [0.2, 0.25) is 0 Å². The van der Waals surface area contributed by atoms with E-state index < -0.39 is 0 Å². The second-order valence-electron chi connectivity index (χ2n) is 5.15. The maximum atomic E-state index is 5.55. The van der Waals surface area contributed by atoms with Crippen LogP contribution in [0.25, 0.3) is 0 Å². The van der Waals surface area contributed by atoms with E-state index in [9.17, 15) is 0 Å². The highest BCUT2D eigenvalue weighted by atomic mass is 16.5. The maximum absolute atomic E-state index is 5.55. The van der Waals surface area contributed by atoms with Crippen molar-refractivity contribution in [1.82, 2.24) is 5.32 Å². The van der Waals surface area contributed by atoms with E-state index in [-0.39, 0.29) is 0 Å². The Morgan fingerprint density at radius 1 is 0.667 bits per heavy atom. The van der Waals surface area contributed by atoms with Crippen LogP contribution in [0.1, 0.15) is 78.1 Å². The number of unbranched alkanes of at least 4 members (excludes halogenated alkanes) is 9. The Morgan fingerprint density at radius 2 is 1.22 bits per heavy atom. The van der Waals surface area contributed by atoms with Crippen LogP contribution >= 0.6 is 0 Å². The first-order valence-electron chi connectivity index (χ1n) is 8.20. The molecule has 0 aromatic carbocycles. The molecule has 0 radical (unpaired) electrons. The smallest absolute Gasteiger partial charge is 0.0590 e. The van der Waals surface area contributed by atoms with E-state index in [1.165, 1.54) is 64.2 Å². The van der Waals surface area contributed by atoms with Crippen LogP contribution in [0.4, 0.5) is 0 Å². The predicted octanol–water partition coefficient (Wildman–Crippen LogP) is 4.53. The molecule has 0 saturated carbocycles. The van der Waals surface area contributed by atoms with Crippen LogP contribution in [-0.4, -0.2) is 26.3 Å². The van der Waals surface area contributed by atoms with Gasteiger partial charge in [-0.2, -0.15) is 0 Å². The van der Waals surface area contributed by atoms with Crippen molar-refractivity contribution < 1.29 is 4.74 Å². The Hall–Kier alpha value is -0.0800. The van der Waals surface area contributed by atoms with E-state index >= 15 is 0 Å². The van der Waals surface area contributed by atoms with Crippen molar-refractivity contribution in [3.63, 3.8) is 0 Å². The van der Waals surface area contributed by atoms with E-state index in [0.29, 0.717) is 0 Å². The fraction of sp³-hybridized carbons (Fsp3) is 1.00. The fourth-order valence-corrected chi connectivity index (χ4v) is 2.11. The highest BCUT2D eigenvalue weighted by Gasteiger charge is 1.93. The number of likely N-dealkylation sites (N-methyl/N-ethyl adjacent to an activating group) is 1. The van der Waals surface area contributed by atoms with Crippen LogP contribution < -0.4 is 5.32 Å². The number of rotatable bonds is 15. The molecular formula is C16H35NO. The third-order valence-electron chi connectivity index (χ3n) is 3.32. The van der Waals surface area contributed by atoms with E-state index in [1.807, 2.05) is 0 Å². The molecule has 2 nitrogen and oxygen atoms in total. The van der Waals surface area contributed by atoms with Gasteiger partial charge in [0.15, 0.2) is 0 Å². The van der Waals surface area contributed by atoms with Crippen LogP contribution in [0.5, 0.6) is 0 Å². The summed E-state index contributed by atoms with van der Waals surface area (Å²) in [6.07, 6.45) is 13.9. The van der Waals surface area contributed by atoms with Gasteiger partial charge in [-0.05, 0) is 13.0 Å². The number of hydrogen-bond donors (Lipinski definition) is 1. The second-order valence-corrected chi connectivity index (χ2v) is 5.15.